The largest absolute Gasteiger partial charge is 0.508 e. The van der Waals surface area contributed by atoms with Gasteiger partial charge in [-0.3, -0.25) is 0 Å². The summed E-state index contributed by atoms with van der Waals surface area (Å²) in [5, 5.41) is 26.4. The number of aromatic hydroxyl groups is 1. The number of hydrogen-bond donors (Lipinski definition) is 2. The number of rotatable bonds is 4. The highest BCUT2D eigenvalue weighted by Crippen LogP contribution is 2.27. The Morgan fingerprint density at radius 2 is 1.74 bits per heavy atom. The van der Waals surface area contributed by atoms with E-state index in [1.165, 1.54) is 16.8 Å². The first-order valence-electron chi connectivity index (χ1n) is 6.73. The molecule has 1 heterocycles. The van der Waals surface area contributed by atoms with Gasteiger partial charge in [-0.1, -0.05) is 5.21 Å². The molecule has 0 saturated carbocycles. The van der Waals surface area contributed by atoms with Crippen LogP contribution in [0.25, 0.3) is 16.9 Å². The zero-order chi connectivity index (χ0) is 16.4. The van der Waals surface area contributed by atoms with Crippen LogP contribution in [0.2, 0.25) is 0 Å². The maximum atomic E-state index is 11.4. The van der Waals surface area contributed by atoms with E-state index in [0.29, 0.717) is 22.7 Å². The lowest BCUT2D eigenvalue weighted by atomic mass is 10.1. The third kappa shape index (κ3) is 2.71. The highest BCUT2D eigenvalue weighted by molar-refractivity contribution is 5.93. The Balaban J connectivity index is 2.17. The van der Waals surface area contributed by atoms with Crippen molar-refractivity contribution < 1.29 is 19.7 Å². The molecule has 0 atom stereocenters. The Morgan fingerprint density at radius 3 is 2.30 bits per heavy atom. The highest BCUT2D eigenvalue weighted by Gasteiger charge is 2.21. The molecule has 0 unspecified atom stereocenters. The lowest BCUT2D eigenvalue weighted by Gasteiger charge is -2.08. The molecule has 116 valence electrons. The number of methoxy groups -OCH3 is 1. The molecule has 0 aliphatic carbocycles. The van der Waals surface area contributed by atoms with Crippen LogP contribution in [0.4, 0.5) is 0 Å². The van der Waals surface area contributed by atoms with E-state index in [2.05, 4.69) is 10.3 Å². The van der Waals surface area contributed by atoms with Gasteiger partial charge < -0.3 is 14.9 Å². The standard InChI is InChI=1S/C16H13N3O4/c1-23-13-8-2-10(3-9-13)15-14(16(21)22)17-18-19(15)11-4-6-12(20)7-5-11/h2-9,20H,1H3,(H,21,22). The molecule has 2 aromatic carbocycles. The number of benzene rings is 2. The number of phenols is 1. The van der Waals surface area contributed by atoms with Crippen molar-refractivity contribution in [2.45, 2.75) is 0 Å². The van der Waals surface area contributed by atoms with E-state index in [0.717, 1.165) is 0 Å². The molecular weight excluding hydrogens is 298 g/mol. The maximum absolute atomic E-state index is 11.4. The van der Waals surface area contributed by atoms with Gasteiger partial charge in [0.25, 0.3) is 0 Å². The minimum atomic E-state index is -1.17. The summed E-state index contributed by atoms with van der Waals surface area (Å²) in [6.07, 6.45) is 0. The van der Waals surface area contributed by atoms with E-state index in [4.69, 9.17) is 4.74 Å². The fraction of sp³-hybridized carbons (Fsp3) is 0.0625. The molecule has 0 fully saturated rings. The number of nitrogens with zero attached hydrogens (tertiary/aromatic N) is 3. The average molecular weight is 311 g/mol. The quantitative estimate of drug-likeness (QED) is 0.767. The van der Waals surface area contributed by atoms with Crippen molar-refractivity contribution in [2.75, 3.05) is 7.11 Å². The summed E-state index contributed by atoms with van der Waals surface area (Å²) in [5.74, 6) is -0.395. The van der Waals surface area contributed by atoms with Gasteiger partial charge in [0.2, 0.25) is 0 Å². The van der Waals surface area contributed by atoms with Gasteiger partial charge in [0, 0.05) is 5.56 Å². The number of carboxylic acid groups (broad SMARTS) is 1. The van der Waals surface area contributed by atoms with Crippen molar-refractivity contribution in [2.24, 2.45) is 0 Å². The molecule has 7 heteroatoms. The lowest BCUT2D eigenvalue weighted by Crippen LogP contribution is -2.03. The third-order valence-corrected chi connectivity index (χ3v) is 3.33. The van der Waals surface area contributed by atoms with Gasteiger partial charge in [-0.15, -0.1) is 5.10 Å². The van der Waals surface area contributed by atoms with Crippen LogP contribution < -0.4 is 4.74 Å². The molecule has 23 heavy (non-hydrogen) atoms. The molecule has 3 rings (SSSR count). The first-order chi connectivity index (χ1) is 11.1. The van der Waals surface area contributed by atoms with E-state index < -0.39 is 5.97 Å². The van der Waals surface area contributed by atoms with E-state index in [-0.39, 0.29) is 11.4 Å². The zero-order valence-electron chi connectivity index (χ0n) is 12.2. The van der Waals surface area contributed by atoms with Gasteiger partial charge in [-0.2, -0.15) is 0 Å². The van der Waals surface area contributed by atoms with E-state index >= 15 is 0 Å². The molecule has 0 radical (unpaired) electrons. The van der Waals surface area contributed by atoms with E-state index in [1.807, 2.05) is 0 Å². The summed E-state index contributed by atoms with van der Waals surface area (Å²) in [4.78, 5) is 11.4. The van der Waals surface area contributed by atoms with Gasteiger partial charge in [-0.05, 0) is 48.5 Å². The minimum Gasteiger partial charge on any atom is -0.508 e. The van der Waals surface area contributed by atoms with Crippen molar-refractivity contribution in [3.05, 3.63) is 54.2 Å². The lowest BCUT2D eigenvalue weighted by molar-refractivity contribution is 0.0691. The second kappa shape index (κ2) is 5.80. The number of phenolic OH excluding ortho intramolecular Hbond substituents is 1. The number of aromatic nitrogens is 3. The van der Waals surface area contributed by atoms with Gasteiger partial charge in [-0.25, -0.2) is 9.48 Å². The van der Waals surface area contributed by atoms with Crippen molar-refractivity contribution in [3.63, 3.8) is 0 Å². The highest BCUT2D eigenvalue weighted by atomic mass is 16.5. The summed E-state index contributed by atoms with van der Waals surface area (Å²) in [6, 6.07) is 13.2. The molecule has 0 aliphatic heterocycles. The van der Waals surface area contributed by atoms with Crippen LogP contribution in [0.3, 0.4) is 0 Å². The number of hydrogen-bond acceptors (Lipinski definition) is 5. The van der Waals surface area contributed by atoms with Crippen LogP contribution in [-0.4, -0.2) is 38.3 Å². The maximum Gasteiger partial charge on any atom is 0.358 e. The average Bonchev–Trinajstić information content (AvgIpc) is 3.01. The minimum absolute atomic E-state index is 0.110. The van der Waals surface area contributed by atoms with Crippen LogP contribution >= 0.6 is 0 Å². The van der Waals surface area contributed by atoms with Gasteiger partial charge in [0.05, 0.1) is 12.8 Å². The first kappa shape index (κ1) is 14.6. The smallest absolute Gasteiger partial charge is 0.358 e. The number of carbonyl (C=O) groups is 1. The topological polar surface area (TPSA) is 97.5 Å². The van der Waals surface area contributed by atoms with Gasteiger partial charge >= 0.3 is 5.97 Å². The van der Waals surface area contributed by atoms with Crippen molar-refractivity contribution >= 4 is 5.97 Å². The molecule has 3 aromatic rings. The Bertz CT molecular complexity index is 839. The predicted molar refractivity (Wildman–Crippen MR) is 82.0 cm³/mol. The van der Waals surface area contributed by atoms with Gasteiger partial charge in [0.1, 0.15) is 17.2 Å². The number of ether oxygens (including phenoxy) is 1. The Labute approximate surface area is 131 Å². The van der Waals surface area contributed by atoms with Crippen LogP contribution in [0.1, 0.15) is 10.5 Å². The summed E-state index contributed by atoms with van der Waals surface area (Å²) < 4.78 is 6.53. The van der Waals surface area contributed by atoms with Crippen LogP contribution in [0.5, 0.6) is 11.5 Å². The monoisotopic (exact) mass is 311 g/mol. The fourth-order valence-electron chi connectivity index (χ4n) is 2.21. The second-order valence-electron chi connectivity index (χ2n) is 4.75. The normalized spacial score (nSPS) is 10.5. The zero-order valence-corrected chi connectivity index (χ0v) is 12.2. The first-order valence-corrected chi connectivity index (χ1v) is 6.73. The van der Waals surface area contributed by atoms with Crippen LogP contribution in [-0.2, 0) is 0 Å². The third-order valence-electron chi connectivity index (χ3n) is 3.33. The van der Waals surface area contributed by atoms with Crippen molar-refractivity contribution in [3.8, 4) is 28.4 Å². The molecule has 0 aliphatic rings. The SMILES string of the molecule is COc1ccc(-c2c(C(=O)O)nnn2-c2ccc(O)cc2)cc1. The molecule has 1 aromatic heterocycles. The van der Waals surface area contributed by atoms with Crippen molar-refractivity contribution in [1.82, 2.24) is 15.0 Å². The van der Waals surface area contributed by atoms with E-state index in [9.17, 15) is 15.0 Å². The summed E-state index contributed by atoms with van der Waals surface area (Å²) in [6.45, 7) is 0. The number of aromatic carboxylic acids is 1. The summed E-state index contributed by atoms with van der Waals surface area (Å²) >= 11 is 0. The summed E-state index contributed by atoms with van der Waals surface area (Å²) in [7, 11) is 1.56. The Morgan fingerprint density at radius 1 is 1.09 bits per heavy atom. The molecule has 7 nitrogen and oxygen atoms in total. The van der Waals surface area contributed by atoms with Gasteiger partial charge in [0.15, 0.2) is 5.69 Å². The molecule has 0 amide bonds. The van der Waals surface area contributed by atoms with E-state index in [1.54, 1.807) is 43.5 Å². The molecule has 0 spiro atoms. The van der Waals surface area contributed by atoms with Crippen LogP contribution in [0, 0.1) is 0 Å². The Hall–Kier alpha value is -3.35. The number of carboxylic acids is 1. The Kier molecular flexibility index (Phi) is 3.68. The van der Waals surface area contributed by atoms with Crippen molar-refractivity contribution in [1.29, 1.82) is 0 Å². The molecule has 0 bridgehead atoms. The second-order valence-corrected chi connectivity index (χ2v) is 4.75. The fourth-order valence-corrected chi connectivity index (χ4v) is 2.21. The molecule has 2 N–H and O–H groups in total. The van der Waals surface area contributed by atoms with Crippen LogP contribution in [0.15, 0.2) is 48.5 Å². The summed E-state index contributed by atoms with van der Waals surface area (Å²) in [5.41, 5.74) is 1.43. The predicted octanol–water partition coefficient (Wildman–Crippen LogP) is 2.35. The molecule has 0 saturated heterocycles. The molecular formula is C16H13N3O4.